The molecule has 0 spiro atoms. The van der Waals surface area contributed by atoms with Crippen LogP contribution < -0.4 is 5.73 Å². The monoisotopic (exact) mass is 194 g/mol. The Morgan fingerprint density at radius 3 is 3.00 bits per heavy atom. The van der Waals surface area contributed by atoms with Crippen molar-refractivity contribution >= 4 is 5.91 Å². The minimum Gasteiger partial charge on any atom is -0.337 e. The smallest absolute Gasteiger partial charge is 0.234 e. The van der Waals surface area contributed by atoms with Crippen molar-refractivity contribution in [2.45, 2.75) is 32.2 Å². The molecule has 1 amide bonds. The van der Waals surface area contributed by atoms with Crippen molar-refractivity contribution < 1.29 is 4.79 Å². The summed E-state index contributed by atoms with van der Waals surface area (Å²) in [4.78, 5) is 13.5. The third kappa shape index (κ3) is 2.27. The first kappa shape index (κ1) is 11.1. The molecule has 2 atom stereocenters. The zero-order chi connectivity index (χ0) is 10.6. The Morgan fingerprint density at radius 1 is 1.71 bits per heavy atom. The lowest BCUT2D eigenvalue weighted by atomic mass is 9.90. The molecule has 0 aromatic carbocycles. The van der Waals surface area contributed by atoms with Crippen molar-refractivity contribution in [1.29, 1.82) is 0 Å². The third-order valence-electron chi connectivity index (χ3n) is 2.93. The van der Waals surface area contributed by atoms with Gasteiger partial charge in [0.15, 0.2) is 0 Å². The second kappa shape index (κ2) is 5.02. The number of piperidine rings is 1. The molecule has 14 heavy (non-hydrogen) atoms. The van der Waals surface area contributed by atoms with Crippen LogP contribution in [0.25, 0.3) is 0 Å². The van der Waals surface area contributed by atoms with Gasteiger partial charge in [0.1, 0.15) is 0 Å². The Labute approximate surface area is 85.6 Å². The lowest BCUT2D eigenvalue weighted by Crippen LogP contribution is -2.51. The summed E-state index contributed by atoms with van der Waals surface area (Å²) in [6, 6.07) is 0.185. The number of carbonyl (C=O) groups excluding carboxylic acids is 1. The van der Waals surface area contributed by atoms with Crippen molar-refractivity contribution in [2.24, 2.45) is 11.7 Å². The Hall–Kier alpha value is -1.01. The summed E-state index contributed by atoms with van der Waals surface area (Å²) in [5.74, 6) is 2.94. The Morgan fingerprint density at radius 2 is 2.43 bits per heavy atom. The zero-order valence-corrected chi connectivity index (χ0v) is 8.70. The van der Waals surface area contributed by atoms with E-state index in [9.17, 15) is 4.79 Å². The molecule has 1 rings (SSSR count). The number of hydrogen-bond acceptors (Lipinski definition) is 2. The van der Waals surface area contributed by atoms with Gasteiger partial charge in [0.25, 0.3) is 0 Å². The van der Waals surface area contributed by atoms with Crippen molar-refractivity contribution in [3.05, 3.63) is 0 Å². The zero-order valence-electron chi connectivity index (χ0n) is 8.70. The van der Waals surface area contributed by atoms with Gasteiger partial charge in [-0.25, -0.2) is 0 Å². The molecule has 1 aliphatic heterocycles. The van der Waals surface area contributed by atoms with Crippen LogP contribution in [0.5, 0.6) is 0 Å². The SMILES string of the molecule is C#CCC(=O)N1CCCC(C)C1CN. The molecule has 3 heteroatoms. The summed E-state index contributed by atoms with van der Waals surface area (Å²) in [5, 5.41) is 0. The number of carbonyl (C=O) groups is 1. The quantitative estimate of drug-likeness (QED) is 0.654. The summed E-state index contributed by atoms with van der Waals surface area (Å²) >= 11 is 0. The van der Waals surface area contributed by atoms with E-state index >= 15 is 0 Å². The minimum atomic E-state index is 0.0505. The van der Waals surface area contributed by atoms with Gasteiger partial charge in [-0.15, -0.1) is 6.42 Å². The molecule has 2 N–H and O–H groups in total. The van der Waals surface area contributed by atoms with Gasteiger partial charge in [0, 0.05) is 19.1 Å². The van der Waals surface area contributed by atoms with Crippen molar-refractivity contribution in [3.63, 3.8) is 0 Å². The number of hydrogen-bond donors (Lipinski definition) is 1. The van der Waals surface area contributed by atoms with Crippen LogP contribution in [0.15, 0.2) is 0 Å². The predicted octanol–water partition coefficient (Wildman–Crippen LogP) is 0.596. The van der Waals surface area contributed by atoms with Crippen molar-refractivity contribution in [3.8, 4) is 12.3 Å². The van der Waals surface area contributed by atoms with Crippen LogP contribution in [0.3, 0.4) is 0 Å². The number of amides is 1. The van der Waals surface area contributed by atoms with E-state index in [1.54, 1.807) is 0 Å². The van der Waals surface area contributed by atoms with Gasteiger partial charge >= 0.3 is 0 Å². The van der Waals surface area contributed by atoms with E-state index in [1.165, 1.54) is 0 Å². The summed E-state index contributed by atoms with van der Waals surface area (Å²) in [6.07, 6.45) is 7.54. The van der Waals surface area contributed by atoms with Crippen LogP contribution in [-0.4, -0.2) is 29.9 Å². The minimum absolute atomic E-state index is 0.0505. The molecule has 0 aromatic heterocycles. The molecule has 1 fully saturated rings. The van der Waals surface area contributed by atoms with Crippen LogP contribution >= 0.6 is 0 Å². The van der Waals surface area contributed by atoms with E-state index in [0.29, 0.717) is 12.5 Å². The number of nitrogens with zero attached hydrogens (tertiary/aromatic N) is 1. The highest BCUT2D eigenvalue weighted by Gasteiger charge is 2.29. The second-order valence-electron chi connectivity index (χ2n) is 3.89. The highest BCUT2D eigenvalue weighted by molar-refractivity contribution is 5.79. The van der Waals surface area contributed by atoms with Crippen LogP contribution in [0.2, 0.25) is 0 Å². The fraction of sp³-hybridized carbons (Fsp3) is 0.727. The van der Waals surface area contributed by atoms with Gasteiger partial charge in [-0.1, -0.05) is 12.8 Å². The van der Waals surface area contributed by atoms with Crippen molar-refractivity contribution in [2.75, 3.05) is 13.1 Å². The van der Waals surface area contributed by atoms with Gasteiger partial charge in [-0.3, -0.25) is 4.79 Å². The summed E-state index contributed by atoms with van der Waals surface area (Å²) in [5.41, 5.74) is 5.67. The second-order valence-corrected chi connectivity index (χ2v) is 3.89. The fourth-order valence-electron chi connectivity index (χ4n) is 2.11. The van der Waals surface area contributed by atoms with Gasteiger partial charge in [0.05, 0.1) is 6.42 Å². The highest BCUT2D eigenvalue weighted by Crippen LogP contribution is 2.22. The number of likely N-dealkylation sites (tertiary alicyclic amines) is 1. The number of terminal acetylenes is 1. The van der Waals surface area contributed by atoms with E-state index in [2.05, 4.69) is 12.8 Å². The van der Waals surface area contributed by atoms with Crippen molar-refractivity contribution in [1.82, 2.24) is 4.90 Å². The molecule has 0 bridgehead atoms. The standard InChI is InChI=1S/C11H18N2O/c1-3-5-11(14)13-7-4-6-9(2)10(13)8-12/h1,9-10H,4-8,12H2,2H3. The topological polar surface area (TPSA) is 46.3 Å². The summed E-state index contributed by atoms with van der Waals surface area (Å²) in [6.45, 7) is 3.50. The van der Waals surface area contributed by atoms with Crippen LogP contribution in [0, 0.1) is 18.3 Å². The molecule has 78 valence electrons. The average molecular weight is 194 g/mol. The van der Waals surface area contributed by atoms with Crippen LogP contribution in [0.4, 0.5) is 0 Å². The van der Waals surface area contributed by atoms with E-state index in [4.69, 9.17) is 12.2 Å². The maximum absolute atomic E-state index is 11.6. The summed E-state index contributed by atoms with van der Waals surface area (Å²) in [7, 11) is 0. The van der Waals surface area contributed by atoms with E-state index in [-0.39, 0.29) is 18.4 Å². The Balaban J connectivity index is 2.65. The molecule has 2 unspecified atom stereocenters. The number of rotatable bonds is 2. The number of nitrogens with two attached hydrogens (primary N) is 1. The van der Waals surface area contributed by atoms with Gasteiger partial charge in [-0.05, 0) is 18.8 Å². The summed E-state index contributed by atoms with van der Waals surface area (Å²) < 4.78 is 0. The fourth-order valence-corrected chi connectivity index (χ4v) is 2.11. The molecule has 1 aliphatic rings. The molecular formula is C11H18N2O. The first-order valence-corrected chi connectivity index (χ1v) is 5.13. The average Bonchev–Trinajstić information content (AvgIpc) is 2.17. The lowest BCUT2D eigenvalue weighted by molar-refractivity contribution is -0.134. The highest BCUT2D eigenvalue weighted by atomic mass is 16.2. The maximum Gasteiger partial charge on any atom is 0.234 e. The largest absolute Gasteiger partial charge is 0.337 e. The first-order chi connectivity index (χ1) is 6.70. The third-order valence-corrected chi connectivity index (χ3v) is 2.93. The molecule has 3 nitrogen and oxygen atoms in total. The molecule has 0 saturated carbocycles. The Bertz CT molecular complexity index is 244. The maximum atomic E-state index is 11.6. The van der Waals surface area contributed by atoms with Crippen LogP contribution in [0.1, 0.15) is 26.2 Å². The van der Waals surface area contributed by atoms with Gasteiger partial charge < -0.3 is 10.6 Å². The predicted molar refractivity (Wildman–Crippen MR) is 56.4 cm³/mol. The van der Waals surface area contributed by atoms with E-state index < -0.39 is 0 Å². The lowest BCUT2D eigenvalue weighted by Gasteiger charge is -2.39. The van der Waals surface area contributed by atoms with Crippen LogP contribution in [-0.2, 0) is 4.79 Å². The van der Waals surface area contributed by atoms with E-state index in [1.807, 2.05) is 4.90 Å². The first-order valence-electron chi connectivity index (χ1n) is 5.13. The normalized spacial score (nSPS) is 27.1. The molecular weight excluding hydrogens is 176 g/mol. The van der Waals surface area contributed by atoms with Gasteiger partial charge in [0.2, 0.25) is 5.91 Å². The molecule has 0 radical (unpaired) electrons. The molecule has 1 heterocycles. The van der Waals surface area contributed by atoms with E-state index in [0.717, 1.165) is 19.4 Å². The molecule has 0 aromatic rings. The molecule has 0 aliphatic carbocycles. The molecule has 1 saturated heterocycles. The Kier molecular flexibility index (Phi) is 3.97. The van der Waals surface area contributed by atoms with Gasteiger partial charge in [-0.2, -0.15) is 0 Å².